The Morgan fingerprint density at radius 1 is 0.793 bits per heavy atom. The van der Waals surface area contributed by atoms with E-state index >= 15 is 0 Å². The van der Waals surface area contributed by atoms with Crippen molar-refractivity contribution in [3.63, 3.8) is 0 Å². The van der Waals surface area contributed by atoms with Crippen LogP contribution in [0, 0.1) is 11.6 Å². The first-order valence-corrected chi connectivity index (χ1v) is 8.97. The highest BCUT2D eigenvalue weighted by Gasteiger charge is 2.12. The molecule has 4 aromatic rings. The lowest BCUT2D eigenvalue weighted by atomic mass is 10.2. The van der Waals surface area contributed by atoms with Crippen molar-refractivity contribution < 1.29 is 8.78 Å². The van der Waals surface area contributed by atoms with Crippen molar-refractivity contribution in [1.82, 2.24) is 15.0 Å². The highest BCUT2D eigenvalue weighted by Crippen LogP contribution is 2.26. The van der Waals surface area contributed by atoms with Gasteiger partial charge in [-0.1, -0.05) is 42.5 Å². The molecule has 2 aromatic heterocycles. The van der Waals surface area contributed by atoms with Crippen molar-refractivity contribution in [2.45, 2.75) is 6.54 Å². The van der Waals surface area contributed by atoms with E-state index in [-0.39, 0.29) is 11.5 Å². The topological polar surface area (TPSA) is 62.7 Å². The minimum atomic E-state index is -0.699. The Morgan fingerprint density at radius 2 is 1.55 bits per heavy atom. The van der Waals surface area contributed by atoms with Crippen LogP contribution in [-0.4, -0.2) is 15.0 Å². The number of hydrogen-bond acceptors (Lipinski definition) is 5. The predicted molar refractivity (Wildman–Crippen MR) is 109 cm³/mol. The Kier molecular flexibility index (Phi) is 5.38. The van der Waals surface area contributed by atoms with E-state index in [1.54, 1.807) is 18.5 Å². The van der Waals surface area contributed by atoms with Gasteiger partial charge in [-0.15, -0.1) is 0 Å². The first-order valence-electron chi connectivity index (χ1n) is 8.97. The minimum absolute atomic E-state index is 0.261. The highest BCUT2D eigenvalue weighted by atomic mass is 19.1. The molecule has 0 amide bonds. The molecule has 0 aliphatic heterocycles. The fourth-order valence-electron chi connectivity index (χ4n) is 2.76. The molecule has 5 nitrogen and oxygen atoms in total. The number of pyridine rings is 1. The standard InChI is InChI=1S/C22H17F2N5/c23-17-9-4-10-18(24)21(17)27-20-12-19(26-14-15-6-5-11-25-13-15)28-22(29-20)16-7-2-1-3-8-16/h1-13H,14H2,(H2,26,27,28,29). The van der Waals surface area contributed by atoms with Gasteiger partial charge in [0.25, 0.3) is 0 Å². The molecule has 144 valence electrons. The molecule has 0 unspecified atom stereocenters. The summed E-state index contributed by atoms with van der Waals surface area (Å²) in [7, 11) is 0. The third kappa shape index (κ3) is 4.52. The molecule has 0 saturated heterocycles. The number of para-hydroxylation sites is 1. The summed E-state index contributed by atoms with van der Waals surface area (Å²) in [5, 5.41) is 5.94. The number of halogens is 2. The van der Waals surface area contributed by atoms with E-state index in [1.165, 1.54) is 18.2 Å². The van der Waals surface area contributed by atoms with Crippen LogP contribution in [0.15, 0.2) is 79.1 Å². The number of nitrogens with one attached hydrogen (secondary N) is 2. The average molecular weight is 389 g/mol. The van der Waals surface area contributed by atoms with Gasteiger partial charge in [0.15, 0.2) is 5.82 Å². The van der Waals surface area contributed by atoms with Crippen LogP contribution in [0.5, 0.6) is 0 Å². The Balaban J connectivity index is 1.68. The molecule has 0 spiro atoms. The predicted octanol–water partition coefficient (Wildman–Crippen LogP) is 5.17. The molecular formula is C22H17F2N5. The molecule has 29 heavy (non-hydrogen) atoms. The van der Waals surface area contributed by atoms with Crippen LogP contribution in [0.2, 0.25) is 0 Å². The van der Waals surface area contributed by atoms with Crippen molar-refractivity contribution in [1.29, 1.82) is 0 Å². The molecule has 0 radical (unpaired) electrons. The molecular weight excluding hydrogens is 372 g/mol. The maximum Gasteiger partial charge on any atom is 0.163 e. The lowest BCUT2D eigenvalue weighted by molar-refractivity contribution is 0.590. The second-order valence-corrected chi connectivity index (χ2v) is 6.26. The fourth-order valence-corrected chi connectivity index (χ4v) is 2.76. The van der Waals surface area contributed by atoms with E-state index in [0.717, 1.165) is 11.1 Å². The first-order chi connectivity index (χ1) is 14.2. The smallest absolute Gasteiger partial charge is 0.163 e. The zero-order valence-electron chi connectivity index (χ0n) is 15.3. The van der Waals surface area contributed by atoms with E-state index in [0.29, 0.717) is 18.2 Å². The maximum atomic E-state index is 14.1. The lowest BCUT2D eigenvalue weighted by Gasteiger charge is -2.12. The summed E-state index contributed by atoms with van der Waals surface area (Å²) >= 11 is 0. The van der Waals surface area contributed by atoms with Crippen LogP contribution >= 0.6 is 0 Å². The zero-order valence-corrected chi connectivity index (χ0v) is 15.3. The summed E-state index contributed by atoms with van der Waals surface area (Å²) in [6.07, 6.45) is 3.45. The Bertz CT molecular complexity index is 1080. The molecule has 0 aliphatic carbocycles. The van der Waals surface area contributed by atoms with E-state index in [9.17, 15) is 8.78 Å². The number of benzene rings is 2. The molecule has 4 rings (SSSR count). The van der Waals surface area contributed by atoms with Gasteiger partial charge in [-0.3, -0.25) is 4.98 Å². The number of aromatic nitrogens is 3. The second-order valence-electron chi connectivity index (χ2n) is 6.26. The van der Waals surface area contributed by atoms with Crippen LogP contribution in [0.1, 0.15) is 5.56 Å². The van der Waals surface area contributed by atoms with Crippen LogP contribution in [0.4, 0.5) is 26.1 Å². The van der Waals surface area contributed by atoms with Gasteiger partial charge < -0.3 is 10.6 Å². The van der Waals surface area contributed by atoms with Crippen molar-refractivity contribution in [2.75, 3.05) is 10.6 Å². The van der Waals surface area contributed by atoms with Crippen molar-refractivity contribution in [3.05, 3.63) is 96.3 Å². The van der Waals surface area contributed by atoms with Gasteiger partial charge in [0.05, 0.1) is 0 Å². The Morgan fingerprint density at radius 3 is 2.28 bits per heavy atom. The Hall–Kier alpha value is -3.87. The maximum absolute atomic E-state index is 14.1. The van der Waals surface area contributed by atoms with Gasteiger partial charge >= 0.3 is 0 Å². The molecule has 0 fully saturated rings. The van der Waals surface area contributed by atoms with Crippen LogP contribution in [-0.2, 0) is 6.54 Å². The molecule has 2 aromatic carbocycles. The molecule has 0 saturated carbocycles. The molecule has 2 heterocycles. The quantitative estimate of drug-likeness (QED) is 0.476. The summed E-state index contributed by atoms with van der Waals surface area (Å²) in [6, 6.07) is 18.5. The SMILES string of the molecule is Fc1cccc(F)c1Nc1cc(NCc2cccnc2)nc(-c2ccccc2)n1. The van der Waals surface area contributed by atoms with Gasteiger partial charge in [-0.05, 0) is 23.8 Å². The Labute approximate surface area is 166 Å². The summed E-state index contributed by atoms with van der Waals surface area (Å²) < 4.78 is 28.1. The second kappa shape index (κ2) is 8.43. The summed E-state index contributed by atoms with van der Waals surface area (Å²) in [5.74, 6) is -0.177. The van der Waals surface area contributed by atoms with Crippen molar-refractivity contribution in [2.24, 2.45) is 0 Å². The number of rotatable bonds is 6. The molecule has 0 bridgehead atoms. The van der Waals surface area contributed by atoms with Crippen molar-refractivity contribution >= 4 is 17.3 Å². The monoisotopic (exact) mass is 389 g/mol. The van der Waals surface area contributed by atoms with Gasteiger partial charge in [-0.2, -0.15) is 0 Å². The third-order valence-corrected chi connectivity index (χ3v) is 4.17. The van der Waals surface area contributed by atoms with Crippen LogP contribution in [0.25, 0.3) is 11.4 Å². The first kappa shape index (κ1) is 18.5. The molecule has 2 N–H and O–H groups in total. The van der Waals surface area contributed by atoms with Gasteiger partial charge in [0, 0.05) is 30.6 Å². The number of anilines is 3. The van der Waals surface area contributed by atoms with E-state index in [4.69, 9.17) is 0 Å². The lowest BCUT2D eigenvalue weighted by Crippen LogP contribution is -2.06. The van der Waals surface area contributed by atoms with Crippen molar-refractivity contribution in [3.8, 4) is 11.4 Å². The summed E-state index contributed by atoms with van der Waals surface area (Å²) in [5.41, 5.74) is 1.50. The van der Waals surface area contributed by atoms with E-state index in [1.807, 2.05) is 42.5 Å². The number of nitrogens with zero attached hydrogens (tertiary/aromatic N) is 3. The molecule has 0 atom stereocenters. The highest BCUT2D eigenvalue weighted by molar-refractivity contribution is 5.65. The summed E-state index contributed by atoms with van der Waals surface area (Å²) in [4.78, 5) is 13.0. The van der Waals surface area contributed by atoms with Gasteiger partial charge in [0.2, 0.25) is 0 Å². The third-order valence-electron chi connectivity index (χ3n) is 4.17. The van der Waals surface area contributed by atoms with Gasteiger partial charge in [-0.25, -0.2) is 18.7 Å². The fraction of sp³-hybridized carbons (Fsp3) is 0.0455. The van der Waals surface area contributed by atoms with E-state index in [2.05, 4.69) is 25.6 Å². The van der Waals surface area contributed by atoms with Gasteiger partial charge in [0.1, 0.15) is 29.0 Å². The average Bonchev–Trinajstić information content (AvgIpc) is 2.76. The zero-order chi connectivity index (χ0) is 20.1. The van der Waals surface area contributed by atoms with Crippen LogP contribution in [0.3, 0.4) is 0 Å². The molecule has 7 heteroatoms. The largest absolute Gasteiger partial charge is 0.366 e. The summed E-state index contributed by atoms with van der Waals surface area (Å²) in [6.45, 7) is 0.493. The van der Waals surface area contributed by atoms with E-state index < -0.39 is 11.6 Å². The molecule has 0 aliphatic rings. The normalized spacial score (nSPS) is 10.6. The van der Waals surface area contributed by atoms with Crippen LogP contribution < -0.4 is 10.6 Å². The minimum Gasteiger partial charge on any atom is -0.366 e. The number of hydrogen-bond donors (Lipinski definition) is 2.